The van der Waals surface area contributed by atoms with Gasteiger partial charge in [0.15, 0.2) is 0 Å². The Morgan fingerprint density at radius 1 is 1.19 bits per heavy atom. The standard InChI is InChI=1S/C13H18N2O/c1-2-5-13(6-3-1)7-4-8-14-15-9-11-16-12-10-15/h1-7,14H,8-12H2/b7-4+. The van der Waals surface area contributed by atoms with E-state index in [4.69, 9.17) is 4.74 Å². The fourth-order valence-corrected chi connectivity index (χ4v) is 1.66. The van der Waals surface area contributed by atoms with Gasteiger partial charge in [-0.15, -0.1) is 0 Å². The van der Waals surface area contributed by atoms with Crippen LogP contribution in [0.5, 0.6) is 0 Å². The van der Waals surface area contributed by atoms with Gasteiger partial charge in [-0.05, 0) is 5.56 Å². The number of hydrogen-bond acceptors (Lipinski definition) is 3. The van der Waals surface area contributed by atoms with Crippen molar-refractivity contribution in [1.82, 2.24) is 10.4 Å². The molecule has 1 aromatic carbocycles. The van der Waals surface area contributed by atoms with E-state index in [1.807, 2.05) is 6.07 Å². The molecule has 1 saturated heterocycles. The van der Waals surface area contributed by atoms with Crippen LogP contribution in [-0.2, 0) is 4.74 Å². The number of nitrogens with zero attached hydrogens (tertiary/aromatic N) is 1. The molecule has 0 amide bonds. The summed E-state index contributed by atoms with van der Waals surface area (Å²) in [5.74, 6) is 0. The van der Waals surface area contributed by atoms with E-state index in [-0.39, 0.29) is 0 Å². The Balaban J connectivity index is 1.69. The highest BCUT2D eigenvalue weighted by Crippen LogP contribution is 2.00. The molecule has 0 unspecified atom stereocenters. The molecule has 0 aliphatic carbocycles. The molecule has 2 rings (SSSR count). The molecule has 16 heavy (non-hydrogen) atoms. The molecule has 0 saturated carbocycles. The van der Waals surface area contributed by atoms with Gasteiger partial charge in [-0.25, -0.2) is 5.01 Å². The Hall–Kier alpha value is -1.16. The van der Waals surface area contributed by atoms with Crippen LogP contribution in [0.1, 0.15) is 5.56 Å². The van der Waals surface area contributed by atoms with Crippen LogP contribution in [0.15, 0.2) is 36.4 Å². The third-order valence-corrected chi connectivity index (χ3v) is 2.55. The van der Waals surface area contributed by atoms with Crippen LogP contribution >= 0.6 is 0 Å². The van der Waals surface area contributed by atoms with Crippen molar-refractivity contribution in [2.75, 3.05) is 32.8 Å². The molecule has 1 aromatic rings. The smallest absolute Gasteiger partial charge is 0.0608 e. The molecular weight excluding hydrogens is 200 g/mol. The van der Waals surface area contributed by atoms with Gasteiger partial charge in [0, 0.05) is 19.6 Å². The molecule has 0 atom stereocenters. The second kappa shape index (κ2) is 6.43. The first-order valence-corrected chi connectivity index (χ1v) is 5.73. The summed E-state index contributed by atoms with van der Waals surface area (Å²) >= 11 is 0. The number of benzene rings is 1. The summed E-state index contributed by atoms with van der Waals surface area (Å²) in [5, 5.41) is 2.21. The largest absolute Gasteiger partial charge is 0.379 e. The maximum absolute atomic E-state index is 5.28. The number of nitrogens with one attached hydrogen (secondary N) is 1. The zero-order valence-electron chi connectivity index (χ0n) is 9.43. The molecule has 3 heteroatoms. The monoisotopic (exact) mass is 218 g/mol. The fourth-order valence-electron chi connectivity index (χ4n) is 1.66. The van der Waals surface area contributed by atoms with Crippen LogP contribution in [-0.4, -0.2) is 37.9 Å². The molecule has 1 aliphatic rings. The third kappa shape index (κ3) is 3.77. The molecule has 0 radical (unpaired) electrons. The van der Waals surface area contributed by atoms with E-state index in [0.29, 0.717) is 0 Å². The maximum Gasteiger partial charge on any atom is 0.0608 e. The Kier molecular flexibility index (Phi) is 4.55. The normalized spacial score (nSPS) is 18.0. The van der Waals surface area contributed by atoms with Crippen molar-refractivity contribution in [1.29, 1.82) is 0 Å². The highest BCUT2D eigenvalue weighted by Gasteiger charge is 2.07. The topological polar surface area (TPSA) is 24.5 Å². The predicted octanol–water partition coefficient (Wildman–Crippen LogP) is 1.54. The summed E-state index contributed by atoms with van der Waals surface area (Å²) in [4.78, 5) is 0. The Morgan fingerprint density at radius 2 is 1.94 bits per heavy atom. The van der Waals surface area contributed by atoms with Crippen LogP contribution < -0.4 is 5.43 Å². The van der Waals surface area contributed by atoms with E-state index in [1.165, 1.54) is 5.56 Å². The van der Waals surface area contributed by atoms with Gasteiger partial charge < -0.3 is 4.74 Å². The van der Waals surface area contributed by atoms with Gasteiger partial charge in [0.05, 0.1) is 13.2 Å². The van der Waals surface area contributed by atoms with Crippen molar-refractivity contribution in [3.8, 4) is 0 Å². The number of rotatable bonds is 4. The molecule has 1 fully saturated rings. The van der Waals surface area contributed by atoms with Crippen LogP contribution in [0.25, 0.3) is 6.08 Å². The second-order valence-electron chi connectivity index (χ2n) is 3.77. The SMILES string of the molecule is C(=C\c1ccccc1)/CNN1CCOCC1. The number of morpholine rings is 1. The van der Waals surface area contributed by atoms with Gasteiger partial charge in [-0.3, -0.25) is 5.43 Å². The summed E-state index contributed by atoms with van der Waals surface area (Å²) < 4.78 is 5.28. The van der Waals surface area contributed by atoms with Gasteiger partial charge in [0.25, 0.3) is 0 Å². The van der Waals surface area contributed by atoms with Gasteiger partial charge in [0.2, 0.25) is 0 Å². The molecule has 0 bridgehead atoms. The van der Waals surface area contributed by atoms with Gasteiger partial charge >= 0.3 is 0 Å². The minimum Gasteiger partial charge on any atom is -0.379 e. The summed E-state index contributed by atoms with van der Waals surface area (Å²) in [6.07, 6.45) is 4.28. The number of hydrazine groups is 1. The average Bonchev–Trinajstić information content (AvgIpc) is 2.37. The first-order chi connectivity index (χ1) is 7.95. The summed E-state index contributed by atoms with van der Waals surface area (Å²) in [7, 11) is 0. The lowest BCUT2D eigenvalue weighted by molar-refractivity contribution is 0.0144. The minimum absolute atomic E-state index is 0.829. The van der Waals surface area contributed by atoms with Crippen LogP contribution in [0.3, 0.4) is 0 Å². The van der Waals surface area contributed by atoms with E-state index < -0.39 is 0 Å². The number of ether oxygens (including phenoxy) is 1. The Morgan fingerprint density at radius 3 is 2.69 bits per heavy atom. The van der Waals surface area contributed by atoms with Gasteiger partial charge in [0.1, 0.15) is 0 Å². The van der Waals surface area contributed by atoms with Gasteiger partial charge in [-0.1, -0.05) is 42.5 Å². The summed E-state index contributed by atoms with van der Waals surface area (Å²) in [5.41, 5.74) is 4.60. The molecule has 86 valence electrons. The second-order valence-corrected chi connectivity index (χ2v) is 3.77. The van der Waals surface area contributed by atoms with Crippen molar-refractivity contribution in [2.45, 2.75) is 0 Å². The zero-order chi connectivity index (χ0) is 11.1. The maximum atomic E-state index is 5.28. The third-order valence-electron chi connectivity index (χ3n) is 2.55. The van der Waals surface area contributed by atoms with Crippen molar-refractivity contribution in [2.24, 2.45) is 0 Å². The van der Waals surface area contributed by atoms with Crippen molar-refractivity contribution in [3.05, 3.63) is 42.0 Å². The molecule has 3 nitrogen and oxygen atoms in total. The van der Waals surface area contributed by atoms with Crippen LogP contribution in [0.2, 0.25) is 0 Å². The highest BCUT2D eigenvalue weighted by molar-refractivity contribution is 5.48. The molecule has 0 aromatic heterocycles. The summed E-state index contributed by atoms with van der Waals surface area (Å²) in [6, 6.07) is 10.3. The predicted molar refractivity (Wildman–Crippen MR) is 65.9 cm³/mol. The lowest BCUT2D eigenvalue weighted by Crippen LogP contribution is -2.45. The lowest BCUT2D eigenvalue weighted by atomic mass is 10.2. The number of hydrogen-bond donors (Lipinski definition) is 1. The van der Waals surface area contributed by atoms with Crippen molar-refractivity contribution in [3.63, 3.8) is 0 Å². The van der Waals surface area contributed by atoms with Crippen molar-refractivity contribution >= 4 is 6.08 Å². The fraction of sp³-hybridized carbons (Fsp3) is 0.385. The minimum atomic E-state index is 0.829. The molecular formula is C13H18N2O. The average molecular weight is 218 g/mol. The van der Waals surface area contributed by atoms with E-state index in [1.54, 1.807) is 0 Å². The zero-order valence-corrected chi connectivity index (χ0v) is 9.43. The molecule has 0 spiro atoms. The van der Waals surface area contributed by atoms with E-state index in [0.717, 1.165) is 32.8 Å². The van der Waals surface area contributed by atoms with Crippen LogP contribution in [0.4, 0.5) is 0 Å². The summed E-state index contributed by atoms with van der Waals surface area (Å²) in [6.45, 7) is 4.47. The highest BCUT2D eigenvalue weighted by atomic mass is 16.5. The van der Waals surface area contributed by atoms with E-state index in [9.17, 15) is 0 Å². The Bertz CT molecular complexity index is 318. The molecule has 1 heterocycles. The van der Waals surface area contributed by atoms with E-state index in [2.05, 4.69) is 46.9 Å². The van der Waals surface area contributed by atoms with Crippen molar-refractivity contribution < 1.29 is 4.74 Å². The first-order valence-electron chi connectivity index (χ1n) is 5.73. The first kappa shape index (κ1) is 11.3. The quantitative estimate of drug-likeness (QED) is 0.829. The Labute approximate surface area is 96.7 Å². The lowest BCUT2D eigenvalue weighted by Gasteiger charge is -2.26. The molecule has 1 N–H and O–H groups in total. The molecule has 1 aliphatic heterocycles. The van der Waals surface area contributed by atoms with Crippen LogP contribution in [0, 0.1) is 0 Å². The van der Waals surface area contributed by atoms with Gasteiger partial charge in [-0.2, -0.15) is 0 Å². The van der Waals surface area contributed by atoms with E-state index >= 15 is 0 Å².